The van der Waals surface area contributed by atoms with E-state index in [-0.39, 0.29) is 11.9 Å². The molecule has 3 nitrogen and oxygen atoms in total. The van der Waals surface area contributed by atoms with Gasteiger partial charge in [-0.2, -0.15) is 0 Å². The molecule has 1 saturated heterocycles. The van der Waals surface area contributed by atoms with E-state index in [0.717, 1.165) is 25.9 Å². The molecule has 1 aliphatic carbocycles. The third kappa shape index (κ3) is 2.18. The van der Waals surface area contributed by atoms with Crippen LogP contribution >= 0.6 is 23.2 Å². The number of piperidine rings is 1. The van der Waals surface area contributed by atoms with Crippen molar-refractivity contribution in [2.75, 3.05) is 20.1 Å². The van der Waals surface area contributed by atoms with Gasteiger partial charge >= 0.3 is 0 Å². The predicted molar refractivity (Wildman–Crippen MR) is 65.8 cm³/mol. The van der Waals surface area contributed by atoms with Gasteiger partial charge in [0.2, 0.25) is 5.91 Å². The van der Waals surface area contributed by atoms with Gasteiger partial charge in [-0.3, -0.25) is 4.79 Å². The lowest BCUT2D eigenvalue weighted by Crippen LogP contribution is -2.46. The number of hydrogen-bond donors (Lipinski definition) is 1. The zero-order valence-electron chi connectivity index (χ0n) is 9.72. The van der Waals surface area contributed by atoms with Crippen LogP contribution in [0.15, 0.2) is 0 Å². The van der Waals surface area contributed by atoms with E-state index in [1.54, 1.807) is 0 Å². The number of carbonyl (C=O) groups excluding carboxylic acids is 1. The van der Waals surface area contributed by atoms with Crippen molar-refractivity contribution in [2.24, 2.45) is 5.41 Å². The Bertz CT molecular complexity index is 300. The maximum Gasteiger partial charge on any atom is 0.229 e. The molecular formula is C11H18Cl2N2O. The molecule has 1 unspecified atom stereocenters. The van der Waals surface area contributed by atoms with Crippen LogP contribution in [0, 0.1) is 5.41 Å². The molecule has 1 N–H and O–H groups in total. The van der Waals surface area contributed by atoms with Gasteiger partial charge < -0.3 is 10.2 Å². The maximum atomic E-state index is 12.0. The molecule has 2 aliphatic rings. The first kappa shape index (κ1) is 12.5. The SMILES string of the molecule is CN1CCC(NC(=O)C2(C)CC2(Cl)Cl)CC1. The van der Waals surface area contributed by atoms with Gasteiger partial charge in [0.1, 0.15) is 4.33 Å². The quantitative estimate of drug-likeness (QED) is 0.772. The van der Waals surface area contributed by atoms with E-state index in [1.807, 2.05) is 6.92 Å². The number of carbonyl (C=O) groups is 1. The molecule has 0 aromatic rings. The minimum absolute atomic E-state index is 0.00653. The highest BCUT2D eigenvalue weighted by atomic mass is 35.5. The monoisotopic (exact) mass is 264 g/mol. The number of halogens is 2. The van der Waals surface area contributed by atoms with Gasteiger partial charge in [0.15, 0.2) is 0 Å². The second kappa shape index (κ2) is 4.04. The van der Waals surface area contributed by atoms with Gasteiger partial charge in [0, 0.05) is 6.04 Å². The van der Waals surface area contributed by atoms with Gasteiger partial charge in [-0.25, -0.2) is 0 Å². The van der Waals surface area contributed by atoms with Crippen molar-refractivity contribution in [2.45, 2.75) is 36.6 Å². The summed E-state index contributed by atoms with van der Waals surface area (Å²) in [4.78, 5) is 14.3. The average Bonchev–Trinajstić information content (AvgIpc) is 2.71. The van der Waals surface area contributed by atoms with Crippen LogP contribution in [-0.2, 0) is 4.79 Å². The zero-order valence-corrected chi connectivity index (χ0v) is 11.2. The van der Waals surface area contributed by atoms with Gasteiger partial charge in [-0.15, -0.1) is 23.2 Å². The van der Waals surface area contributed by atoms with E-state index in [0.29, 0.717) is 6.42 Å². The normalized spacial score (nSPS) is 34.8. The van der Waals surface area contributed by atoms with Crippen LogP contribution < -0.4 is 5.32 Å². The summed E-state index contributed by atoms with van der Waals surface area (Å²) in [6, 6.07) is 0.283. The van der Waals surface area contributed by atoms with E-state index in [9.17, 15) is 4.79 Å². The molecule has 1 aliphatic heterocycles. The summed E-state index contributed by atoms with van der Waals surface area (Å²) in [5, 5.41) is 3.06. The highest BCUT2D eigenvalue weighted by Gasteiger charge is 2.68. The maximum absolute atomic E-state index is 12.0. The van der Waals surface area contributed by atoms with E-state index in [1.165, 1.54) is 0 Å². The molecule has 0 spiro atoms. The minimum atomic E-state index is -0.859. The highest BCUT2D eigenvalue weighted by Crippen LogP contribution is 2.63. The Morgan fingerprint density at radius 1 is 1.38 bits per heavy atom. The zero-order chi connectivity index (χ0) is 12.0. The summed E-state index contributed by atoms with van der Waals surface area (Å²) in [6.45, 7) is 3.90. The number of rotatable bonds is 2. The number of nitrogens with one attached hydrogen (secondary N) is 1. The first-order valence-electron chi connectivity index (χ1n) is 5.72. The first-order chi connectivity index (χ1) is 7.35. The van der Waals surface area contributed by atoms with Gasteiger partial charge in [0.25, 0.3) is 0 Å². The fraction of sp³-hybridized carbons (Fsp3) is 0.909. The minimum Gasteiger partial charge on any atom is -0.353 e. The van der Waals surface area contributed by atoms with Crippen LogP contribution in [0.4, 0.5) is 0 Å². The Morgan fingerprint density at radius 2 is 1.88 bits per heavy atom. The van der Waals surface area contributed by atoms with Crippen molar-refractivity contribution >= 4 is 29.1 Å². The van der Waals surface area contributed by atoms with Crippen LogP contribution in [0.25, 0.3) is 0 Å². The van der Waals surface area contributed by atoms with Crippen LogP contribution in [0.5, 0.6) is 0 Å². The number of hydrogen-bond acceptors (Lipinski definition) is 2. The summed E-state index contributed by atoms with van der Waals surface area (Å²) in [5.41, 5.74) is -0.584. The first-order valence-corrected chi connectivity index (χ1v) is 6.48. The standard InChI is InChI=1S/C11H18Cl2N2O/c1-10(7-11(10,12)13)9(16)14-8-3-5-15(2)6-4-8/h8H,3-7H2,1-2H3,(H,14,16). The van der Waals surface area contributed by atoms with Gasteiger partial charge in [-0.05, 0) is 46.3 Å². The summed E-state index contributed by atoms with van der Waals surface area (Å²) in [6.07, 6.45) is 2.58. The van der Waals surface area contributed by atoms with E-state index in [2.05, 4.69) is 17.3 Å². The second-order valence-electron chi connectivity index (χ2n) is 5.26. The van der Waals surface area contributed by atoms with Crippen molar-refractivity contribution in [1.82, 2.24) is 10.2 Å². The fourth-order valence-corrected chi connectivity index (χ4v) is 2.85. The topological polar surface area (TPSA) is 32.3 Å². The van der Waals surface area contributed by atoms with E-state index in [4.69, 9.17) is 23.2 Å². The summed E-state index contributed by atoms with van der Waals surface area (Å²) in [7, 11) is 2.10. The third-order valence-electron chi connectivity index (χ3n) is 3.81. The molecule has 0 radical (unpaired) electrons. The molecule has 0 aromatic carbocycles. The molecule has 2 rings (SSSR count). The summed E-state index contributed by atoms with van der Waals surface area (Å²) >= 11 is 12.0. The average molecular weight is 265 g/mol. The predicted octanol–water partition coefficient (Wildman–Crippen LogP) is 1.78. The van der Waals surface area contributed by atoms with Crippen molar-refractivity contribution in [1.29, 1.82) is 0 Å². The number of nitrogens with zero attached hydrogens (tertiary/aromatic N) is 1. The Labute approximate surface area is 106 Å². The Hall–Kier alpha value is 0.01000. The molecule has 1 saturated carbocycles. The molecule has 0 bridgehead atoms. The van der Waals surface area contributed by atoms with Crippen LogP contribution in [0.1, 0.15) is 26.2 Å². The summed E-state index contributed by atoms with van der Waals surface area (Å²) in [5.74, 6) is 0.00653. The Balaban J connectivity index is 1.85. The molecule has 1 heterocycles. The number of likely N-dealkylation sites (tertiary alicyclic amines) is 1. The fourth-order valence-electron chi connectivity index (χ4n) is 2.14. The molecule has 16 heavy (non-hydrogen) atoms. The van der Waals surface area contributed by atoms with Crippen molar-refractivity contribution in [3.8, 4) is 0 Å². The van der Waals surface area contributed by atoms with Crippen LogP contribution in [0.3, 0.4) is 0 Å². The van der Waals surface area contributed by atoms with Gasteiger partial charge in [0.05, 0.1) is 5.41 Å². The highest BCUT2D eigenvalue weighted by molar-refractivity contribution is 6.53. The van der Waals surface area contributed by atoms with E-state index < -0.39 is 9.75 Å². The molecule has 0 aromatic heterocycles. The van der Waals surface area contributed by atoms with Crippen LogP contribution in [0.2, 0.25) is 0 Å². The number of amides is 1. The van der Waals surface area contributed by atoms with E-state index >= 15 is 0 Å². The third-order valence-corrected chi connectivity index (χ3v) is 4.91. The largest absolute Gasteiger partial charge is 0.353 e. The lowest BCUT2D eigenvalue weighted by atomic mass is 10.0. The molecule has 92 valence electrons. The molecule has 5 heteroatoms. The number of alkyl halides is 2. The Kier molecular flexibility index (Phi) is 3.15. The van der Waals surface area contributed by atoms with Gasteiger partial charge in [-0.1, -0.05) is 0 Å². The molecule has 2 fully saturated rings. The van der Waals surface area contributed by atoms with Crippen molar-refractivity contribution in [3.05, 3.63) is 0 Å². The molecule has 1 amide bonds. The Morgan fingerprint density at radius 3 is 2.31 bits per heavy atom. The van der Waals surface area contributed by atoms with Crippen molar-refractivity contribution in [3.63, 3.8) is 0 Å². The second-order valence-corrected chi connectivity index (χ2v) is 6.75. The molecular weight excluding hydrogens is 247 g/mol. The molecule has 1 atom stereocenters. The smallest absolute Gasteiger partial charge is 0.229 e. The van der Waals surface area contributed by atoms with Crippen LogP contribution in [-0.4, -0.2) is 41.3 Å². The van der Waals surface area contributed by atoms with Crippen molar-refractivity contribution < 1.29 is 4.79 Å². The lowest BCUT2D eigenvalue weighted by Gasteiger charge is -2.30. The summed E-state index contributed by atoms with van der Waals surface area (Å²) < 4.78 is -0.859. The lowest BCUT2D eigenvalue weighted by molar-refractivity contribution is -0.126.